The van der Waals surface area contributed by atoms with E-state index in [0.29, 0.717) is 9.47 Å². The third kappa shape index (κ3) is 5.20. The van der Waals surface area contributed by atoms with Crippen molar-refractivity contribution in [3.63, 3.8) is 0 Å². The number of amides is 1. The number of rotatable bonds is 7. The molecule has 134 valence electrons. The minimum absolute atomic E-state index is 0.0910. The zero-order valence-corrected chi connectivity index (χ0v) is 17.0. The first-order valence-electron chi connectivity index (χ1n) is 7.56. The highest BCUT2D eigenvalue weighted by Gasteiger charge is 2.10. The lowest BCUT2D eigenvalue weighted by atomic mass is 10.3. The molecule has 0 unspecified atom stereocenters. The van der Waals surface area contributed by atoms with Crippen LogP contribution in [0.2, 0.25) is 0 Å². The van der Waals surface area contributed by atoms with Crippen molar-refractivity contribution in [2.24, 2.45) is 0 Å². The van der Waals surface area contributed by atoms with Crippen molar-refractivity contribution >= 4 is 61.4 Å². The molecule has 0 atom stereocenters. The van der Waals surface area contributed by atoms with Crippen LogP contribution in [0.1, 0.15) is 0 Å². The van der Waals surface area contributed by atoms with Crippen molar-refractivity contribution in [3.8, 4) is 5.75 Å². The first-order valence-corrected chi connectivity index (χ1v) is 10.2. The maximum atomic E-state index is 12.0. The first kappa shape index (κ1) is 18.7. The van der Waals surface area contributed by atoms with Crippen LogP contribution in [0.4, 0.5) is 16.5 Å². The second-order valence-corrected chi connectivity index (χ2v) is 8.16. The first-order chi connectivity index (χ1) is 12.6. The number of nitrogens with zero attached hydrogens (tertiary/aromatic N) is 2. The monoisotopic (exact) mass is 450 g/mol. The predicted octanol–water partition coefficient (Wildman–Crippen LogP) is 4.78. The number of ether oxygens (including phenoxy) is 1. The molecular weight excluding hydrogens is 436 g/mol. The maximum Gasteiger partial charge on any atom is 0.234 e. The van der Waals surface area contributed by atoms with Crippen LogP contribution in [-0.4, -0.2) is 29.0 Å². The lowest BCUT2D eigenvalue weighted by Crippen LogP contribution is -2.13. The number of benzene rings is 2. The van der Waals surface area contributed by atoms with E-state index < -0.39 is 0 Å². The largest absolute Gasteiger partial charge is 0.495 e. The van der Waals surface area contributed by atoms with E-state index in [1.54, 1.807) is 7.11 Å². The molecule has 0 radical (unpaired) electrons. The van der Waals surface area contributed by atoms with Crippen LogP contribution in [0.15, 0.2) is 57.3 Å². The van der Waals surface area contributed by atoms with E-state index in [0.717, 1.165) is 21.6 Å². The molecule has 0 aliphatic rings. The number of thioether (sulfide) groups is 1. The number of halogens is 1. The lowest BCUT2D eigenvalue weighted by Gasteiger charge is -2.07. The number of carbonyl (C=O) groups excluding carboxylic acids is 1. The molecule has 9 heteroatoms. The summed E-state index contributed by atoms with van der Waals surface area (Å²) in [6.45, 7) is 0. The van der Waals surface area contributed by atoms with Gasteiger partial charge >= 0.3 is 0 Å². The number of hydrogen-bond donors (Lipinski definition) is 2. The van der Waals surface area contributed by atoms with Gasteiger partial charge in [0, 0.05) is 10.2 Å². The van der Waals surface area contributed by atoms with Crippen molar-refractivity contribution < 1.29 is 9.53 Å². The van der Waals surface area contributed by atoms with Crippen LogP contribution in [0.3, 0.4) is 0 Å². The van der Waals surface area contributed by atoms with Gasteiger partial charge in [-0.25, -0.2) is 0 Å². The van der Waals surface area contributed by atoms with E-state index in [-0.39, 0.29) is 11.7 Å². The topological polar surface area (TPSA) is 76.1 Å². The summed E-state index contributed by atoms with van der Waals surface area (Å²) in [4.78, 5) is 12.0. The van der Waals surface area contributed by atoms with Gasteiger partial charge < -0.3 is 15.4 Å². The fourth-order valence-corrected chi connectivity index (χ4v) is 3.87. The van der Waals surface area contributed by atoms with Crippen molar-refractivity contribution in [2.75, 3.05) is 23.5 Å². The van der Waals surface area contributed by atoms with Gasteiger partial charge in [-0.1, -0.05) is 51.2 Å². The van der Waals surface area contributed by atoms with Crippen molar-refractivity contribution in [1.82, 2.24) is 10.2 Å². The Labute approximate surface area is 167 Å². The smallest absolute Gasteiger partial charge is 0.234 e. The van der Waals surface area contributed by atoms with Crippen LogP contribution in [0.5, 0.6) is 5.75 Å². The molecule has 6 nitrogen and oxygen atoms in total. The number of hydrogen-bond acceptors (Lipinski definition) is 7. The normalized spacial score (nSPS) is 10.4. The van der Waals surface area contributed by atoms with Gasteiger partial charge in [-0.3, -0.25) is 4.79 Å². The van der Waals surface area contributed by atoms with Crippen LogP contribution in [-0.2, 0) is 4.79 Å². The van der Waals surface area contributed by atoms with Crippen molar-refractivity contribution in [3.05, 3.63) is 53.0 Å². The third-order valence-electron chi connectivity index (χ3n) is 3.21. The lowest BCUT2D eigenvalue weighted by molar-refractivity contribution is -0.113. The Hall–Kier alpha value is -2.10. The molecule has 3 aromatic rings. The van der Waals surface area contributed by atoms with Gasteiger partial charge in [-0.15, -0.1) is 10.2 Å². The Morgan fingerprint density at radius 1 is 1.19 bits per heavy atom. The molecule has 3 rings (SSSR count). The molecule has 0 aliphatic heterocycles. The van der Waals surface area contributed by atoms with Gasteiger partial charge in [0.2, 0.25) is 11.0 Å². The molecule has 0 saturated carbocycles. The molecule has 1 heterocycles. The van der Waals surface area contributed by atoms with Crippen LogP contribution in [0, 0.1) is 0 Å². The Kier molecular flexibility index (Phi) is 6.48. The van der Waals surface area contributed by atoms with Gasteiger partial charge in [0.05, 0.1) is 18.6 Å². The fourth-order valence-electron chi connectivity index (χ4n) is 2.04. The second-order valence-electron chi connectivity index (χ2n) is 5.04. The molecule has 26 heavy (non-hydrogen) atoms. The standard InChI is InChI=1S/C17H15BrN4O2S2/c1-24-14-5-3-2-4-13(14)20-16-21-22-17(26-16)25-10-15(23)19-12-8-6-11(18)7-9-12/h2-9H,10H2,1H3,(H,19,23)(H,20,21). The van der Waals surface area contributed by atoms with E-state index in [2.05, 4.69) is 36.8 Å². The average molecular weight is 451 g/mol. The summed E-state index contributed by atoms with van der Waals surface area (Å²) in [5, 5.41) is 14.9. The highest BCUT2D eigenvalue weighted by atomic mass is 79.9. The van der Waals surface area contributed by atoms with Gasteiger partial charge in [0.25, 0.3) is 0 Å². The van der Waals surface area contributed by atoms with Gasteiger partial charge in [-0.05, 0) is 36.4 Å². The van der Waals surface area contributed by atoms with Gasteiger partial charge in [0.1, 0.15) is 5.75 Å². The van der Waals surface area contributed by atoms with E-state index in [4.69, 9.17) is 4.74 Å². The summed E-state index contributed by atoms with van der Waals surface area (Å²) in [7, 11) is 1.62. The summed E-state index contributed by atoms with van der Waals surface area (Å²) in [6.07, 6.45) is 0. The van der Waals surface area contributed by atoms with E-state index in [1.165, 1.54) is 23.1 Å². The molecule has 2 N–H and O–H groups in total. The number of nitrogens with one attached hydrogen (secondary N) is 2. The van der Waals surface area contributed by atoms with Crippen molar-refractivity contribution in [2.45, 2.75) is 4.34 Å². The summed E-state index contributed by atoms with van der Waals surface area (Å²) < 4.78 is 6.98. The van der Waals surface area contributed by atoms with Crippen LogP contribution >= 0.6 is 39.0 Å². The Bertz CT molecular complexity index is 886. The summed E-state index contributed by atoms with van der Waals surface area (Å²) in [5.74, 6) is 0.900. The van der Waals surface area contributed by atoms with E-state index in [9.17, 15) is 4.79 Å². The summed E-state index contributed by atoms with van der Waals surface area (Å²) >= 11 is 6.09. The SMILES string of the molecule is COc1ccccc1Nc1nnc(SCC(=O)Nc2ccc(Br)cc2)s1. The molecule has 0 bridgehead atoms. The number of carbonyl (C=O) groups is 1. The Balaban J connectivity index is 1.53. The minimum atomic E-state index is -0.0910. The zero-order chi connectivity index (χ0) is 18.4. The summed E-state index contributed by atoms with van der Waals surface area (Å²) in [5.41, 5.74) is 1.57. The number of methoxy groups -OCH3 is 1. The number of aromatic nitrogens is 2. The average Bonchev–Trinajstić information content (AvgIpc) is 3.10. The number of anilines is 3. The van der Waals surface area contributed by atoms with E-state index in [1.807, 2.05) is 48.5 Å². The molecule has 0 aliphatic carbocycles. The Morgan fingerprint density at radius 2 is 1.96 bits per heavy atom. The van der Waals surface area contributed by atoms with Gasteiger partial charge in [0.15, 0.2) is 4.34 Å². The number of para-hydroxylation sites is 2. The van der Waals surface area contributed by atoms with Gasteiger partial charge in [-0.2, -0.15) is 0 Å². The molecule has 0 saturated heterocycles. The third-order valence-corrected chi connectivity index (χ3v) is 5.71. The van der Waals surface area contributed by atoms with E-state index >= 15 is 0 Å². The molecule has 0 spiro atoms. The summed E-state index contributed by atoms with van der Waals surface area (Å²) in [6, 6.07) is 15.0. The quantitative estimate of drug-likeness (QED) is 0.504. The molecule has 0 fully saturated rings. The van der Waals surface area contributed by atoms with Crippen LogP contribution in [0.25, 0.3) is 0 Å². The molecule has 2 aromatic carbocycles. The van der Waals surface area contributed by atoms with Crippen molar-refractivity contribution in [1.29, 1.82) is 0 Å². The fraction of sp³-hybridized carbons (Fsp3) is 0.118. The minimum Gasteiger partial charge on any atom is -0.495 e. The molecule has 1 aromatic heterocycles. The van der Waals surface area contributed by atoms with Crippen LogP contribution < -0.4 is 15.4 Å². The Morgan fingerprint density at radius 3 is 2.73 bits per heavy atom. The molecule has 1 amide bonds. The maximum absolute atomic E-state index is 12.0. The highest BCUT2D eigenvalue weighted by Crippen LogP contribution is 2.31. The predicted molar refractivity (Wildman–Crippen MR) is 110 cm³/mol. The second kappa shape index (κ2) is 9.02. The highest BCUT2D eigenvalue weighted by molar-refractivity contribution is 9.10. The molecular formula is C17H15BrN4O2S2. The zero-order valence-electron chi connectivity index (χ0n) is 13.7.